The summed E-state index contributed by atoms with van der Waals surface area (Å²) in [4.78, 5) is 5.36. The summed E-state index contributed by atoms with van der Waals surface area (Å²) in [7, 11) is 0. The van der Waals surface area contributed by atoms with Gasteiger partial charge in [-0.3, -0.25) is 4.40 Å². The number of thiazole rings is 1. The molecule has 2 N–H and O–H groups in total. The lowest BCUT2D eigenvalue weighted by molar-refractivity contribution is 0.775. The Morgan fingerprint density at radius 2 is 2.38 bits per heavy atom. The van der Waals surface area contributed by atoms with E-state index in [1.807, 2.05) is 12.4 Å². The molecule has 2 heterocycles. The van der Waals surface area contributed by atoms with Crippen LogP contribution in [-0.2, 0) is 0 Å². The number of hydrogen-bond donors (Lipinski definition) is 1. The molecule has 0 fully saturated rings. The number of rotatable bonds is 2. The molecule has 0 amide bonds. The molecular weight excluding hydrogens is 218 g/mol. The van der Waals surface area contributed by atoms with Gasteiger partial charge in [0, 0.05) is 12.4 Å². The van der Waals surface area contributed by atoms with E-state index in [2.05, 4.69) is 34.5 Å². The minimum absolute atomic E-state index is 0.416. The van der Waals surface area contributed by atoms with Gasteiger partial charge in [0.25, 0.3) is 0 Å². The summed E-state index contributed by atoms with van der Waals surface area (Å²) in [6.07, 6.45) is 3.84. The number of imidazole rings is 1. The van der Waals surface area contributed by atoms with Crippen molar-refractivity contribution in [2.24, 2.45) is 5.73 Å². The van der Waals surface area contributed by atoms with Crippen molar-refractivity contribution in [1.82, 2.24) is 9.38 Å². The van der Waals surface area contributed by atoms with Crippen LogP contribution < -0.4 is 5.73 Å². The van der Waals surface area contributed by atoms with Crippen molar-refractivity contribution in [1.29, 1.82) is 0 Å². The van der Waals surface area contributed by atoms with Crippen LogP contribution in [0, 0.1) is 0 Å². The van der Waals surface area contributed by atoms with Crippen LogP contribution in [0.5, 0.6) is 0 Å². The minimum atomic E-state index is 0.416. The van der Waals surface area contributed by atoms with E-state index in [4.69, 9.17) is 5.73 Å². The van der Waals surface area contributed by atoms with Crippen molar-refractivity contribution >= 4 is 26.5 Å². The molecule has 0 spiro atoms. The lowest BCUT2D eigenvalue weighted by Crippen LogP contribution is -2.08. The topological polar surface area (TPSA) is 43.3 Å². The van der Waals surface area contributed by atoms with Gasteiger partial charge >= 0.3 is 0 Å². The van der Waals surface area contributed by atoms with Gasteiger partial charge in [0.05, 0.1) is 10.2 Å². The Labute approximate surface area is 97.5 Å². The molecule has 3 aromatic rings. The fourth-order valence-corrected chi connectivity index (χ4v) is 2.93. The zero-order valence-corrected chi connectivity index (χ0v) is 9.87. The molecule has 0 aliphatic carbocycles. The monoisotopic (exact) mass is 231 g/mol. The molecule has 0 saturated carbocycles. The fourth-order valence-electron chi connectivity index (χ4n) is 1.90. The van der Waals surface area contributed by atoms with Gasteiger partial charge in [-0.15, -0.1) is 0 Å². The highest BCUT2D eigenvalue weighted by molar-refractivity contribution is 7.23. The average Bonchev–Trinajstić information content (AvgIpc) is 2.86. The van der Waals surface area contributed by atoms with E-state index < -0.39 is 0 Å². The first-order valence-corrected chi connectivity index (χ1v) is 6.17. The summed E-state index contributed by atoms with van der Waals surface area (Å²) in [5, 5.41) is 0. The Morgan fingerprint density at radius 1 is 1.50 bits per heavy atom. The molecule has 2 aromatic heterocycles. The van der Waals surface area contributed by atoms with Crippen LogP contribution in [0.4, 0.5) is 0 Å². The Kier molecular flexibility index (Phi) is 2.19. The van der Waals surface area contributed by atoms with Crippen LogP contribution in [0.2, 0.25) is 0 Å². The molecule has 3 rings (SSSR count). The number of fused-ring (bicyclic) bond motifs is 3. The van der Waals surface area contributed by atoms with E-state index in [0.29, 0.717) is 12.5 Å². The number of benzene rings is 1. The van der Waals surface area contributed by atoms with Crippen LogP contribution in [0.15, 0.2) is 30.6 Å². The molecule has 0 saturated heterocycles. The first kappa shape index (κ1) is 9.81. The first-order valence-electron chi connectivity index (χ1n) is 5.35. The second kappa shape index (κ2) is 3.57. The van der Waals surface area contributed by atoms with Crippen molar-refractivity contribution in [2.45, 2.75) is 12.8 Å². The van der Waals surface area contributed by atoms with Crippen molar-refractivity contribution in [3.05, 3.63) is 36.2 Å². The molecule has 1 unspecified atom stereocenters. The van der Waals surface area contributed by atoms with E-state index in [-0.39, 0.29) is 0 Å². The van der Waals surface area contributed by atoms with Gasteiger partial charge in [0.15, 0.2) is 4.96 Å². The molecule has 4 heteroatoms. The Bertz CT molecular complexity index is 638. The molecule has 0 aliphatic heterocycles. The number of aromatic nitrogens is 2. The van der Waals surface area contributed by atoms with Crippen LogP contribution in [-0.4, -0.2) is 15.9 Å². The number of hydrogen-bond acceptors (Lipinski definition) is 3. The third-order valence-electron chi connectivity index (χ3n) is 2.97. The average molecular weight is 231 g/mol. The highest BCUT2D eigenvalue weighted by atomic mass is 32.1. The van der Waals surface area contributed by atoms with E-state index in [9.17, 15) is 0 Å². The van der Waals surface area contributed by atoms with Crippen molar-refractivity contribution in [2.75, 3.05) is 6.54 Å². The molecule has 0 bridgehead atoms. The molecule has 0 aliphatic rings. The van der Waals surface area contributed by atoms with Gasteiger partial charge in [-0.2, -0.15) is 0 Å². The van der Waals surface area contributed by atoms with Gasteiger partial charge in [-0.05, 0) is 30.2 Å². The summed E-state index contributed by atoms with van der Waals surface area (Å²) in [6.45, 7) is 2.84. The first-order chi connectivity index (χ1) is 7.79. The summed E-state index contributed by atoms with van der Waals surface area (Å²) < 4.78 is 3.40. The van der Waals surface area contributed by atoms with Crippen molar-refractivity contribution in [3.63, 3.8) is 0 Å². The summed E-state index contributed by atoms with van der Waals surface area (Å²) >= 11 is 1.72. The van der Waals surface area contributed by atoms with Gasteiger partial charge in [-0.25, -0.2) is 4.98 Å². The minimum Gasteiger partial charge on any atom is -0.330 e. The molecule has 82 valence electrons. The maximum absolute atomic E-state index is 5.69. The standard InChI is InChI=1S/C12H13N3S/c1-8(7-13)9-2-3-10-11(6-9)16-12-14-4-5-15(10)12/h2-6,8H,7,13H2,1H3. The van der Waals surface area contributed by atoms with E-state index >= 15 is 0 Å². The maximum Gasteiger partial charge on any atom is 0.194 e. The van der Waals surface area contributed by atoms with Crippen molar-refractivity contribution in [3.8, 4) is 0 Å². The van der Waals surface area contributed by atoms with Crippen LogP contribution in [0.3, 0.4) is 0 Å². The van der Waals surface area contributed by atoms with Crippen LogP contribution >= 0.6 is 11.3 Å². The third kappa shape index (κ3) is 1.34. The Balaban J connectivity index is 2.24. The summed E-state index contributed by atoms with van der Waals surface area (Å²) in [6, 6.07) is 6.54. The SMILES string of the molecule is CC(CN)c1ccc2c(c1)sc1nccn12. The van der Waals surface area contributed by atoms with E-state index in [1.54, 1.807) is 11.3 Å². The second-order valence-corrected chi connectivity index (χ2v) is 5.05. The van der Waals surface area contributed by atoms with Crippen LogP contribution in [0.25, 0.3) is 15.2 Å². The summed E-state index contributed by atoms with van der Waals surface area (Å²) in [5.74, 6) is 0.416. The van der Waals surface area contributed by atoms with Gasteiger partial charge in [0.1, 0.15) is 0 Å². The van der Waals surface area contributed by atoms with Gasteiger partial charge in [-0.1, -0.05) is 24.3 Å². The van der Waals surface area contributed by atoms with Crippen LogP contribution in [0.1, 0.15) is 18.4 Å². The number of nitrogens with zero attached hydrogens (tertiary/aromatic N) is 2. The van der Waals surface area contributed by atoms with Gasteiger partial charge < -0.3 is 5.73 Å². The van der Waals surface area contributed by atoms with Crippen molar-refractivity contribution < 1.29 is 0 Å². The van der Waals surface area contributed by atoms with E-state index in [0.717, 1.165) is 4.96 Å². The summed E-state index contributed by atoms with van der Waals surface area (Å²) in [5.41, 5.74) is 8.22. The smallest absolute Gasteiger partial charge is 0.194 e. The lowest BCUT2D eigenvalue weighted by Gasteiger charge is -2.08. The number of nitrogens with two attached hydrogens (primary N) is 1. The molecule has 1 atom stereocenters. The maximum atomic E-state index is 5.69. The predicted octanol–water partition coefficient (Wildman–Crippen LogP) is 2.61. The molecule has 16 heavy (non-hydrogen) atoms. The molecular formula is C12H13N3S. The Morgan fingerprint density at radius 3 is 3.19 bits per heavy atom. The second-order valence-electron chi connectivity index (χ2n) is 4.05. The Hall–Kier alpha value is -1.39. The normalized spacial score (nSPS) is 13.6. The highest BCUT2D eigenvalue weighted by Gasteiger charge is 2.08. The molecule has 0 radical (unpaired) electrons. The zero-order chi connectivity index (χ0) is 11.1. The largest absolute Gasteiger partial charge is 0.330 e. The highest BCUT2D eigenvalue weighted by Crippen LogP contribution is 2.28. The fraction of sp³-hybridized carbons (Fsp3) is 0.250. The quantitative estimate of drug-likeness (QED) is 0.736. The van der Waals surface area contributed by atoms with E-state index in [1.165, 1.54) is 15.8 Å². The zero-order valence-electron chi connectivity index (χ0n) is 9.05. The predicted molar refractivity (Wildman–Crippen MR) is 68.0 cm³/mol. The molecule has 3 nitrogen and oxygen atoms in total. The third-order valence-corrected chi connectivity index (χ3v) is 4.01. The lowest BCUT2D eigenvalue weighted by atomic mass is 10.0. The van der Waals surface area contributed by atoms with Gasteiger partial charge in [0.2, 0.25) is 0 Å². The molecule has 1 aromatic carbocycles.